The van der Waals surface area contributed by atoms with Gasteiger partial charge in [-0.3, -0.25) is 14.2 Å². The minimum atomic E-state index is -0.586. The van der Waals surface area contributed by atoms with Crippen LogP contribution in [0.4, 0.5) is 0 Å². The van der Waals surface area contributed by atoms with Crippen LogP contribution in [0.2, 0.25) is 0 Å². The molecule has 0 aliphatic carbocycles. The highest BCUT2D eigenvalue weighted by molar-refractivity contribution is 5.93. The summed E-state index contributed by atoms with van der Waals surface area (Å²) in [5.41, 5.74) is -0.444. The number of fused-ring (bicyclic) bond motifs is 1. The lowest BCUT2D eigenvalue weighted by atomic mass is 9.91. The minimum absolute atomic E-state index is 0.0124. The molecule has 2 atom stereocenters. The average molecular weight is 385 g/mol. The number of rotatable bonds is 3. The second-order valence-corrected chi connectivity index (χ2v) is 7.74. The van der Waals surface area contributed by atoms with Crippen LogP contribution in [0.5, 0.6) is 11.5 Å². The molecule has 2 unspecified atom stereocenters. The largest absolute Gasteiger partial charge is 0.454 e. The van der Waals surface area contributed by atoms with E-state index in [1.165, 1.54) is 6.20 Å². The van der Waals surface area contributed by atoms with Crippen LogP contribution >= 0.6 is 0 Å². The Kier molecular flexibility index (Phi) is 4.70. The first-order valence-electron chi connectivity index (χ1n) is 9.42. The third kappa shape index (κ3) is 3.42. The fraction of sp³-hybridized carbons (Fsp3) is 0.450. The molecule has 0 radical (unpaired) electrons. The highest BCUT2D eigenvalue weighted by Gasteiger charge is 2.28. The van der Waals surface area contributed by atoms with Crippen LogP contribution < -0.4 is 20.7 Å². The number of nitrogens with one attached hydrogen (secondary N) is 1. The monoisotopic (exact) mass is 385 g/mol. The van der Waals surface area contributed by atoms with Gasteiger partial charge in [0.05, 0.1) is 6.54 Å². The highest BCUT2D eigenvalue weighted by atomic mass is 16.7. The Morgan fingerprint density at radius 1 is 1.14 bits per heavy atom. The van der Waals surface area contributed by atoms with Crippen molar-refractivity contribution in [3.63, 3.8) is 0 Å². The molecule has 28 heavy (non-hydrogen) atoms. The molecule has 148 valence electrons. The van der Waals surface area contributed by atoms with E-state index >= 15 is 0 Å². The molecule has 1 aromatic carbocycles. The van der Waals surface area contributed by atoms with Gasteiger partial charge < -0.3 is 19.4 Å². The van der Waals surface area contributed by atoms with Crippen LogP contribution in [-0.2, 0) is 6.54 Å². The van der Waals surface area contributed by atoms with Crippen LogP contribution in [0.15, 0.2) is 34.0 Å². The fourth-order valence-electron chi connectivity index (χ4n) is 4.03. The Bertz CT molecular complexity index is 1020. The Hall–Kier alpha value is -3.03. The highest BCUT2D eigenvalue weighted by Crippen LogP contribution is 2.32. The molecule has 0 saturated carbocycles. The van der Waals surface area contributed by atoms with Gasteiger partial charge in [-0.25, -0.2) is 4.79 Å². The van der Waals surface area contributed by atoms with E-state index in [9.17, 15) is 14.4 Å². The molecule has 0 spiro atoms. The number of hydrogen-bond donors (Lipinski definition) is 1. The predicted octanol–water partition coefficient (Wildman–Crippen LogP) is 1.43. The van der Waals surface area contributed by atoms with Crippen LogP contribution in [0.25, 0.3) is 0 Å². The molecule has 8 nitrogen and oxygen atoms in total. The molecule has 2 aliphatic heterocycles. The summed E-state index contributed by atoms with van der Waals surface area (Å²) in [5, 5.41) is 0. The summed E-state index contributed by atoms with van der Waals surface area (Å²) < 4.78 is 11.7. The van der Waals surface area contributed by atoms with Gasteiger partial charge in [0.1, 0.15) is 5.56 Å². The molecule has 1 saturated heterocycles. The van der Waals surface area contributed by atoms with E-state index in [4.69, 9.17) is 9.47 Å². The van der Waals surface area contributed by atoms with Gasteiger partial charge in [-0.2, -0.15) is 0 Å². The van der Waals surface area contributed by atoms with Crippen molar-refractivity contribution in [2.24, 2.45) is 11.8 Å². The summed E-state index contributed by atoms with van der Waals surface area (Å²) >= 11 is 0. The Morgan fingerprint density at radius 2 is 1.86 bits per heavy atom. The van der Waals surface area contributed by atoms with Gasteiger partial charge in [0.2, 0.25) is 6.79 Å². The molecule has 1 fully saturated rings. The van der Waals surface area contributed by atoms with E-state index in [0.717, 1.165) is 11.0 Å². The number of ether oxygens (including phenoxy) is 2. The van der Waals surface area contributed by atoms with Gasteiger partial charge in [-0.05, 0) is 36.0 Å². The first-order chi connectivity index (χ1) is 13.4. The van der Waals surface area contributed by atoms with E-state index in [-0.39, 0.29) is 24.8 Å². The van der Waals surface area contributed by atoms with Crippen molar-refractivity contribution in [3.8, 4) is 11.5 Å². The van der Waals surface area contributed by atoms with Gasteiger partial charge in [-0.1, -0.05) is 19.9 Å². The molecule has 4 rings (SSSR count). The van der Waals surface area contributed by atoms with Gasteiger partial charge in [0, 0.05) is 19.3 Å². The average Bonchev–Trinajstić information content (AvgIpc) is 3.11. The summed E-state index contributed by atoms with van der Waals surface area (Å²) in [4.78, 5) is 42.3. The predicted molar refractivity (Wildman–Crippen MR) is 102 cm³/mol. The second kappa shape index (κ2) is 7.18. The number of benzene rings is 1. The number of hydrogen-bond acceptors (Lipinski definition) is 5. The van der Waals surface area contributed by atoms with Gasteiger partial charge in [-0.15, -0.1) is 0 Å². The van der Waals surface area contributed by atoms with Crippen molar-refractivity contribution in [3.05, 3.63) is 56.4 Å². The number of piperidine rings is 1. The van der Waals surface area contributed by atoms with Crippen molar-refractivity contribution in [1.82, 2.24) is 14.5 Å². The van der Waals surface area contributed by atoms with Gasteiger partial charge in [0.25, 0.3) is 11.5 Å². The SMILES string of the molecule is CC1CC(C)CN(C(=O)c2c[nH]c(=O)n(Cc3ccc4c(c3)OCO4)c2=O)C1. The summed E-state index contributed by atoms with van der Waals surface area (Å²) in [6, 6.07) is 5.24. The van der Waals surface area contributed by atoms with Crippen molar-refractivity contribution in [2.75, 3.05) is 19.9 Å². The number of aromatic amines is 1. The Morgan fingerprint density at radius 3 is 2.61 bits per heavy atom. The normalized spacial score (nSPS) is 21.0. The van der Waals surface area contributed by atoms with E-state index in [1.54, 1.807) is 23.1 Å². The van der Waals surface area contributed by atoms with Crippen LogP contribution in [-0.4, -0.2) is 40.2 Å². The second-order valence-electron chi connectivity index (χ2n) is 7.74. The van der Waals surface area contributed by atoms with Crippen molar-refractivity contribution < 1.29 is 14.3 Å². The standard InChI is InChI=1S/C20H23N3O5/c1-12-5-13(2)9-22(8-12)18(24)15-7-21-20(26)23(19(15)25)10-14-3-4-16-17(6-14)28-11-27-16/h3-4,6-7,12-13H,5,8-11H2,1-2H3,(H,21,26). The zero-order valence-corrected chi connectivity index (χ0v) is 15.9. The molecule has 1 aromatic heterocycles. The van der Waals surface area contributed by atoms with Crippen LogP contribution in [0, 0.1) is 11.8 Å². The smallest absolute Gasteiger partial charge is 0.328 e. The summed E-state index contributed by atoms with van der Waals surface area (Å²) in [5.74, 6) is 1.63. The van der Waals surface area contributed by atoms with Crippen molar-refractivity contribution in [1.29, 1.82) is 0 Å². The topological polar surface area (TPSA) is 93.6 Å². The lowest BCUT2D eigenvalue weighted by Gasteiger charge is -2.34. The molecule has 2 aromatic rings. The maximum atomic E-state index is 12.9. The number of aromatic nitrogens is 2. The number of nitrogens with zero attached hydrogens (tertiary/aromatic N) is 2. The zero-order chi connectivity index (χ0) is 19.8. The molecule has 8 heteroatoms. The van der Waals surface area contributed by atoms with Gasteiger partial charge >= 0.3 is 5.69 Å². The summed E-state index contributed by atoms with van der Waals surface area (Å²) in [6.45, 7) is 5.62. The Labute approximate surface area is 161 Å². The van der Waals surface area contributed by atoms with E-state index < -0.39 is 11.2 Å². The van der Waals surface area contributed by atoms with E-state index in [0.29, 0.717) is 42.0 Å². The molecule has 0 bridgehead atoms. The lowest BCUT2D eigenvalue weighted by Crippen LogP contribution is -2.46. The first-order valence-corrected chi connectivity index (χ1v) is 9.42. The van der Waals surface area contributed by atoms with Crippen molar-refractivity contribution in [2.45, 2.75) is 26.8 Å². The summed E-state index contributed by atoms with van der Waals surface area (Å²) in [6.07, 6.45) is 2.29. The van der Waals surface area contributed by atoms with E-state index in [2.05, 4.69) is 18.8 Å². The molecule has 2 aliphatic rings. The van der Waals surface area contributed by atoms with Crippen LogP contribution in [0.3, 0.4) is 0 Å². The molecule has 3 heterocycles. The number of carbonyl (C=O) groups excluding carboxylic acids is 1. The summed E-state index contributed by atoms with van der Waals surface area (Å²) in [7, 11) is 0. The molecular weight excluding hydrogens is 362 g/mol. The quantitative estimate of drug-likeness (QED) is 0.863. The van der Waals surface area contributed by atoms with Crippen molar-refractivity contribution >= 4 is 5.91 Å². The lowest BCUT2D eigenvalue weighted by molar-refractivity contribution is 0.0620. The molecule has 1 N–H and O–H groups in total. The van der Waals surface area contributed by atoms with Gasteiger partial charge in [0.15, 0.2) is 11.5 Å². The molecule has 1 amide bonds. The number of likely N-dealkylation sites (tertiary alicyclic amines) is 1. The maximum Gasteiger partial charge on any atom is 0.328 e. The molecular formula is C20H23N3O5. The zero-order valence-electron chi connectivity index (χ0n) is 15.9. The first kappa shape index (κ1) is 18.3. The fourth-order valence-corrected chi connectivity index (χ4v) is 4.03. The number of carbonyl (C=O) groups is 1. The Balaban J connectivity index is 1.63. The maximum absolute atomic E-state index is 12.9. The number of amides is 1. The number of H-pyrrole nitrogens is 1. The van der Waals surface area contributed by atoms with Crippen LogP contribution in [0.1, 0.15) is 36.2 Å². The third-order valence-corrected chi connectivity index (χ3v) is 5.22. The van der Waals surface area contributed by atoms with E-state index in [1.807, 2.05) is 0 Å². The third-order valence-electron chi connectivity index (χ3n) is 5.22. The minimum Gasteiger partial charge on any atom is -0.454 e.